The molecule has 0 bridgehead atoms. The lowest BCUT2D eigenvalue weighted by atomic mass is 9.88. The van der Waals surface area contributed by atoms with Crippen molar-refractivity contribution in [3.63, 3.8) is 0 Å². The summed E-state index contributed by atoms with van der Waals surface area (Å²) in [5, 5.41) is 12.2. The number of amides is 1. The highest BCUT2D eigenvalue weighted by molar-refractivity contribution is 7.17. The molecule has 2 aromatic heterocycles. The minimum Gasteiger partial charge on any atom is -0.493 e. The second-order valence-electron chi connectivity index (χ2n) is 7.60. The molecule has 8 heteroatoms. The molecule has 0 radical (unpaired) electrons. The highest BCUT2D eigenvalue weighted by Crippen LogP contribution is 2.40. The fourth-order valence-corrected chi connectivity index (χ4v) is 5.29. The van der Waals surface area contributed by atoms with Crippen LogP contribution in [0.15, 0.2) is 28.7 Å². The standard InChI is InChI=1S/C23H24N2O5S/c1-4-29-23(27)18-14-9-8-12(2)10-17(14)31-22(18)25-21(26)15-11-13-6-5-7-16(28-3)19(13)30-20(15)24/h5-7,11-12,24H,4,8-10H2,1-3H3,(H,25,26). The number of ether oxygens (including phenoxy) is 2. The van der Waals surface area contributed by atoms with Gasteiger partial charge in [-0.3, -0.25) is 10.2 Å². The van der Waals surface area contributed by atoms with Crippen LogP contribution in [0.3, 0.4) is 0 Å². The van der Waals surface area contributed by atoms with Crippen LogP contribution in [-0.4, -0.2) is 25.6 Å². The quantitative estimate of drug-likeness (QED) is 0.567. The van der Waals surface area contributed by atoms with E-state index in [1.807, 2.05) is 0 Å². The Morgan fingerprint density at radius 2 is 2.16 bits per heavy atom. The summed E-state index contributed by atoms with van der Waals surface area (Å²) in [4.78, 5) is 26.9. The molecule has 1 aliphatic rings. The number of rotatable bonds is 5. The average Bonchev–Trinajstić information content (AvgIpc) is 3.09. The zero-order chi connectivity index (χ0) is 22.1. The van der Waals surface area contributed by atoms with Gasteiger partial charge in [0, 0.05) is 10.3 Å². The number of benzene rings is 1. The molecule has 2 N–H and O–H groups in total. The molecule has 0 saturated carbocycles. The van der Waals surface area contributed by atoms with Crippen LogP contribution in [0, 0.1) is 11.3 Å². The van der Waals surface area contributed by atoms with Gasteiger partial charge < -0.3 is 19.2 Å². The highest BCUT2D eigenvalue weighted by Gasteiger charge is 2.29. The minimum atomic E-state index is -0.504. The Kier molecular flexibility index (Phi) is 5.82. The summed E-state index contributed by atoms with van der Waals surface area (Å²) in [6, 6.07) is 6.90. The SMILES string of the molecule is CCOC(=O)c1c(NC(=O)c2cc3cccc(OC)c3oc2=N)sc2c1CCC(C)C2. The number of hydrogen-bond donors (Lipinski definition) is 2. The van der Waals surface area contributed by atoms with Gasteiger partial charge in [-0.1, -0.05) is 19.1 Å². The van der Waals surface area contributed by atoms with Gasteiger partial charge in [0.15, 0.2) is 11.3 Å². The summed E-state index contributed by atoms with van der Waals surface area (Å²) in [7, 11) is 1.52. The molecule has 0 aliphatic heterocycles. The van der Waals surface area contributed by atoms with Crippen molar-refractivity contribution in [2.24, 2.45) is 5.92 Å². The normalized spacial score (nSPS) is 15.4. The largest absolute Gasteiger partial charge is 0.493 e. The fourth-order valence-electron chi connectivity index (χ4n) is 3.89. The predicted molar refractivity (Wildman–Crippen MR) is 118 cm³/mol. The fraction of sp³-hybridized carbons (Fsp3) is 0.348. The molecule has 1 amide bonds. The Bertz CT molecular complexity index is 1230. The molecule has 162 valence electrons. The monoisotopic (exact) mass is 440 g/mol. The predicted octanol–water partition coefficient (Wildman–Crippen LogP) is 4.54. The van der Waals surface area contributed by atoms with E-state index in [0.717, 1.165) is 29.7 Å². The van der Waals surface area contributed by atoms with E-state index in [9.17, 15) is 9.59 Å². The van der Waals surface area contributed by atoms with E-state index < -0.39 is 11.9 Å². The van der Waals surface area contributed by atoms with Gasteiger partial charge in [-0.25, -0.2) is 4.79 Å². The van der Waals surface area contributed by atoms with Crippen molar-refractivity contribution >= 4 is 39.2 Å². The molecule has 0 saturated heterocycles. The number of carbonyl (C=O) groups excluding carboxylic acids is 2. The van der Waals surface area contributed by atoms with Gasteiger partial charge in [0.2, 0.25) is 5.55 Å². The lowest BCUT2D eigenvalue weighted by molar-refractivity contribution is 0.0526. The summed E-state index contributed by atoms with van der Waals surface area (Å²) in [6.45, 7) is 4.20. The topological polar surface area (TPSA) is 102 Å². The molecule has 1 atom stereocenters. The van der Waals surface area contributed by atoms with Gasteiger partial charge in [0.1, 0.15) is 10.6 Å². The van der Waals surface area contributed by atoms with E-state index in [1.54, 1.807) is 31.2 Å². The number of thiophene rings is 1. The van der Waals surface area contributed by atoms with Crippen LogP contribution in [0.1, 0.15) is 51.4 Å². The third-order valence-corrected chi connectivity index (χ3v) is 6.61. The summed E-state index contributed by atoms with van der Waals surface area (Å²) >= 11 is 1.41. The molecular weight excluding hydrogens is 416 g/mol. The second-order valence-corrected chi connectivity index (χ2v) is 8.70. The van der Waals surface area contributed by atoms with Crippen LogP contribution < -0.4 is 15.6 Å². The summed E-state index contributed by atoms with van der Waals surface area (Å²) in [6.07, 6.45) is 2.65. The average molecular weight is 441 g/mol. The third kappa shape index (κ3) is 3.95. The summed E-state index contributed by atoms with van der Waals surface area (Å²) in [5.74, 6) is 0.0843. The van der Waals surface area contributed by atoms with E-state index in [1.165, 1.54) is 18.4 Å². The van der Waals surface area contributed by atoms with Crippen molar-refractivity contribution in [3.05, 3.63) is 51.4 Å². The van der Waals surface area contributed by atoms with Crippen LogP contribution in [-0.2, 0) is 17.6 Å². The summed E-state index contributed by atoms with van der Waals surface area (Å²) in [5.41, 5.74) is 1.61. The van der Waals surface area contributed by atoms with Crippen molar-refractivity contribution in [1.29, 1.82) is 5.41 Å². The molecular formula is C23H24N2O5S. The Hall–Kier alpha value is -3.13. The lowest BCUT2D eigenvalue weighted by Gasteiger charge is -2.18. The van der Waals surface area contributed by atoms with E-state index in [4.69, 9.17) is 19.3 Å². The maximum Gasteiger partial charge on any atom is 0.341 e. The van der Waals surface area contributed by atoms with Crippen LogP contribution in [0.2, 0.25) is 0 Å². The van der Waals surface area contributed by atoms with Gasteiger partial charge >= 0.3 is 5.97 Å². The highest BCUT2D eigenvalue weighted by atomic mass is 32.1. The Balaban J connectivity index is 1.73. The van der Waals surface area contributed by atoms with E-state index in [-0.39, 0.29) is 17.7 Å². The van der Waals surface area contributed by atoms with Gasteiger partial charge in [-0.05, 0) is 49.8 Å². The van der Waals surface area contributed by atoms with Crippen molar-refractivity contribution in [2.75, 3.05) is 19.0 Å². The van der Waals surface area contributed by atoms with Crippen molar-refractivity contribution in [1.82, 2.24) is 0 Å². The zero-order valence-electron chi connectivity index (χ0n) is 17.7. The second kappa shape index (κ2) is 8.55. The molecule has 1 aromatic carbocycles. The first kappa shape index (κ1) is 21.1. The molecule has 1 aliphatic carbocycles. The third-order valence-electron chi connectivity index (χ3n) is 5.44. The first-order chi connectivity index (χ1) is 14.9. The number of para-hydroxylation sites is 1. The Morgan fingerprint density at radius 3 is 2.90 bits per heavy atom. The first-order valence-electron chi connectivity index (χ1n) is 10.2. The lowest BCUT2D eigenvalue weighted by Crippen LogP contribution is -2.22. The Labute approximate surface area is 183 Å². The van der Waals surface area contributed by atoms with Gasteiger partial charge in [-0.15, -0.1) is 11.3 Å². The molecule has 0 fully saturated rings. The smallest absolute Gasteiger partial charge is 0.341 e. The number of methoxy groups -OCH3 is 1. The molecule has 31 heavy (non-hydrogen) atoms. The van der Waals surface area contributed by atoms with E-state index >= 15 is 0 Å². The number of carbonyl (C=O) groups is 2. The maximum atomic E-state index is 13.1. The molecule has 3 aromatic rings. The van der Waals surface area contributed by atoms with Crippen LogP contribution in [0.25, 0.3) is 11.0 Å². The summed E-state index contributed by atoms with van der Waals surface area (Å²) < 4.78 is 16.1. The van der Waals surface area contributed by atoms with Gasteiger partial charge in [0.25, 0.3) is 5.91 Å². The number of hydrogen-bond acceptors (Lipinski definition) is 7. The number of nitrogens with one attached hydrogen (secondary N) is 2. The van der Waals surface area contributed by atoms with Crippen LogP contribution in [0.5, 0.6) is 5.75 Å². The molecule has 2 heterocycles. The van der Waals surface area contributed by atoms with Gasteiger partial charge in [0.05, 0.1) is 19.3 Å². The van der Waals surface area contributed by atoms with Crippen molar-refractivity contribution < 1.29 is 23.5 Å². The zero-order valence-corrected chi connectivity index (χ0v) is 18.5. The maximum absolute atomic E-state index is 13.1. The number of fused-ring (bicyclic) bond motifs is 2. The minimum absolute atomic E-state index is 0.0790. The molecule has 7 nitrogen and oxygen atoms in total. The van der Waals surface area contributed by atoms with Crippen LogP contribution >= 0.6 is 11.3 Å². The van der Waals surface area contributed by atoms with E-state index in [2.05, 4.69) is 12.2 Å². The number of anilines is 1. The molecule has 0 spiro atoms. The first-order valence-corrected chi connectivity index (χ1v) is 11.0. The van der Waals surface area contributed by atoms with Gasteiger partial charge in [-0.2, -0.15) is 0 Å². The van der Waals surface area contributed by atoms with E-state index in [0.29, 0.717) is 33.2 Å². The molecule has 4 rings (SSSR count). The number of esters is 1. The molecule has 1 unspecified atom stereocenters. The van der Waals surface area contributed by atoms with Crippen molar-refractivity contribution in [2.45, 2.75) is 33.1 Å². The van der Waals surface area contributed by atoms with Crippen molar-refractivity contribution in [3.8, 4) is 5.75 Å². The Morgan fingerprint density at radius 1 is 1.35 bits per heavy atom. The van der Waals surface area contributed by atoms with Crippen LogP contribution in [0.4, 0.5) is 5.00 Å².